The summed E-state index contributed by atoms with van der Waals surface area (Å²) in [7, 11) is 0. The van der Waals surface area contributed by atoms with Crippen molar-refractivity contribution in [3.63, 3.8) is 0 Å². The van der Waals surface area contributed by atoms with Crippen molar-refractivity contribution < 1.29 is 10.0 Å². The van der Waals surface area contributed by atoms with Crippen molar-refractivity contribution in [2.45, 2.75) is 6.42 Å². The standard InChI is InChI=1S/C7H12N8O3.ClH/c8-4(13-14-7(9)10)5-11-3(1-2-16)6(12-5)15(17)18;/h16H,1-2H2,(H2,8,13)(H,11,12)(H4,9,10,14);1H. The zero-order valence-electron chi connectivity index (χ0n) is 9.61. The second kappa shape index (κ2) is 7.13. The number of aliphatic hydroxyl groups excluding tert-OH is 1. The van der Waals surface area contributed by atoms with Crippen molar-refractivity contribution >= 4 is 30.0 Å². The number of imidazole rings is 1. The van der Waals surface area contributed by atoms with Gasteiger partial charge in [0.25, 0.3) is 5.82 Å². The zero-order chi connectivity index (χ0) is 13.7. The van der Waals surface area contributed by atoms with Crippen LogP contribution < -0.4 is 17.2 Å². The second-order valence-electron chi connectivity index (χ2n) is 3.12. The predicted octanol–water partition coefficient (Wildman–Crippen LogP) is -1.83. The summed E-state index contributed by atoms with van der Waals surface area (Å²) >= 11 is 0. The Morgan fingerprint density at radius 3 is 2.53 bits per heavy atom. The van der Waals surface area contributed by atoms with Crippen molar-refractivity contribution in [1.82, 2.24) is 9.97 Å². The number of nitrogens with zero attached hydrogens (tertiary/aromatic N) is 4. The van der Waals surface area contributed by atoms with Crippen molar-refractivity contribution in [2.75, 3.05) is 6.61 Å². The Labute approximate surface area is 113 Å². The maximum Gasteiger partial charge on any atom is 0.344 e. The van der Waals surface area contributed by atoms with Gasteiger partial charge < -0.3 is 32.4 Å². The van der Waals surface area contributed by atoms with Crippen molar-refractivity contribution in [2.24, 2.45) is 27.4 Å². The molecule has 1 aromatic heterocycles. The largest absolute Gasteiger partial charge is 0.396 e. The lowest BCUT2D eigenvalue weighted by molar-refractivity contribution is -0.390. The van der Waals surface area contributed by atoms with Crippen molar-refractivity contribution in [1.29, 1.82) is 0 Å². The molecule has 0 spiro atoms. The van der Waals surface area contributed by atoms with E-state index >= 15 is 0 Å². The fraction of sp³-hybridized carbons (Fsp3) is 0.286. The minimum absolute atomic E-state index is 0. The average molecular weight is 293 g/mol. The summed E-state index contributed by atoms with van der Waals surface area (Å²) in [6, 6.07) is 0. The van der Waals surface area contributed by atoms with E-state index in [0.29, 0.717) is 0 Å². The molecular weight excluding hydrogens is 280 g/mol. The van der Waals surface area contributed by atoms with Crippen LogP contribution in [0.25, 0.3) is 0 Å². The van der Waals surface area contributed by atoms with E-state index in [1.54, 1.807) is 0 Å². The molecule has 1 aromatic rings. The summed E-state index contributed by atoms with van der Waals surface area (Å²) < 4.78 is 0. The van der Waals surface area contributed by atoms with Gasteiger partial charge in [0, 0.05) is 13.0 Å². The molecule has 0 aliphatic heterocycles. The number of guanidine groups is 1. The number of H-pyrrole nitrogens is 1. The van der Waals surface area contributed by atoms with E-state index in [1.165, 1.54) is 0 Å². The predicted molar refractivity (Wildman–Crippen MR) is 69.8 cm³/mol. The molecule has 0 amide bonds. The molecular formula is C7H13ClN8O3. The Hall–Kier alpha value is -2.40. The lowest BCUT2D eigenvalue weighted by Crippen LogP contribution is -2.23. The molecule has 106 valence electrons. The molecule has 1 heterocycles. The van der Waals surface area contributed by atoms with Crippen LogP contribution >= 0.6 is 12.4 Å². The molecule has 0 bridgehead atoms. The molecule has 0 aromatic carbocycles. The van der Waals surface area contributed by atoms with Crippen LogP contribution in [0.3, 0.4) is 0 Å². The number of hydrogen-bond donors (Lipinski definition) is 5. The van der Waals surface area contributed by atoms with Gasteiger partial charge in [-0.1, -0.05) is 0 Å². The first-order valence-corrected chi connectivity index (χ1v) is 4.72. The van der Waals surface area contributed by atoms with Crippen LogP contribution in [-0.4, -0.2) is 38.4 Å². The summed E-state index contributed by atoms with van der Waals surface area (Å²) in [6.45, 7) is -0.282. The Bertz CT molecular complexity index is 506. The number of rotatable bonds is 5. The first kappa shape index (κ1) is 16.6. The first-order chi connectivity index (χ1) is 8.45. The summed E-state index contributed by atoms with van der Waals surface area (Å²) in [6.07, 6.45) is 0.0163. The fourth-order valence-corrected chi connectivity index (χ4v) is 1.11. The topological polar surface area (TPSA) is 195 Å². The number of halogens is 1. The number of aromatic amines is 1. The third kappa shape index (κ3) is 4.40. The molecule has 8 N–H and O–H groups in total. The van der Waals surface area contributed by atoms with E-state index < -0.39 is 4.92 Å². The number of nitro groups is 1. The summed E-state index contributed by atoms with van der Waals surface area (Å²) in [4.78, 5) is 16.2. The average Bonchev–Trinajstić information content (AvgIpc) is 2.70. The molecule has 12 heteroatoms. The second-order valence-corrected chi connectivity index (χ2v) is 3.12. The van der Waals surface area contributed by atoms with E-state index in [0.717, 1.165) is 0 Å². The minimum atomic E-state index is -0.671. The van der Waals surface area contributed by atoms with Crippen LogP contribution in [0.15, 0.2) is 10.2 Å². The van der Waals surface area contributed by atoms with Gasteiger partial charge in [0.2, 0.25) is 11.8 Å². The highest BCUT2D eigenvalue weighted by molar-refractivity contribution is 5.94. The van der Waals surface area contributed by atoms with Crippen LogP contribution in [0.5, 0.6) is 0 Å². The van der Waals surface area contributed by atoms with Gasteiger partial charge in [-0.05, 0) is 4.92 Å². The number of nitrogens with one attached hydrogen (secondary N) is 1. The maximum absolute atomic E-state index is 10.7. The molecule has 1 rings (SSSR count). The van der Waals surface area contributed by atoms with Crippen molar-refractivity contribution in [3.05, 3.63) is 21.6 Å². The summed E-state index contributed by atoms with van der Waals surface area (Å²) in [5.74, 6) is -0.928. The maximum atomic E-state index is 10.7. The Morgan fingerprint density at radius 1 is 1.42 bits per heavy atom. The van der Waals surface area contributed by atoms with Gasteiger partial charge in [0.05, 0.1) is 0 Å². The third-order valence-electron chi connectivity index (χ3n) is 1.80. The third-order valence-corrected chi connectivity index (χ3v) is 1.80. The van der Waals surface area contributed by atoms with Crippen molar-refractivity contribution in [3.8, 4) is 0 Å². The first-order valence-electron chi connectivity index (χ1n) is 4.72. The quantitative estimate of drug-likeness (QED) is 0.182. The highest BCUT2D eigenvalue weighted by Gasteiger charge is 2.21. The molecule has 0 unspecified atom stereocenters. The van der Waals surface area contributed by atoms with Crippen LogP contribution in [0.2, 0.25) is 0 Å². The van der Waals surface area contributed by atoms with Gasteiger partial charge in [0.15, 0.2) is 0 Å². The van der Waals surface area contributed by atoms with Gasteiger partial charge in [-0.2, -0.15) is 0 Å². The molecule has 0 radical (unpaired) electrons. The molecule has 0 atom stereocenters. The number of amidine groups is 1. The molecule has 0 saturated heterocycles. The summed E-state index contributed by atoms with van der Waals surface area (Å²) in [5.41, 5.74) is 15.6. The molecule has 19 heavy (non-hydrogen) atoms. The van der Waals surface area contributed by atoms with Crippen LogP contribution in [0, 0.1) is 10.1 Å². The van der Waals surface area contributed by atoms with Gasteiger partial charge in [-0.25, -0.2) is 9.97 Å². The van der Waals surface area contributed by atoms with Gasteiger partial charge in [-0.3, -0.25) is 0 Å². The van der Waals surface area contributed by atoms with Crippen LogP contribution in [-0.2, 0) is 6.42 Å². The fourth-order valence-electron chi connectivity index (χ4n) is 1.11. The Morgan fingerprint density at radius 2 is 2.05 bits per heavy atom. The molecule has 0 aliphatic carbocycles. The zero-order valence-corrected chi connectivity index (χ0v) is 10.4. The van der Waals surface area contributed by atoms with Crippen LogP contribution in [0.1, 0.15) is 11.5 Å². The lowest BCUT2D eigenvalue weighted by atomic mass is 10.3. The summed E-state index contributed by atoms with van der Waals surface area (Å²) in [5, 5.41) is 26.2. The monoisotopic (exact) mass is 292 g/mol. The minimum Gasteiger partial charge on any atom is -0.396 e. The molecule has 0 aliphatic rings. The smallest absolute Gasteiger partial charge is 0.344 e. The Balaban J connectivity index is 0.00000324. The van der Waals surface area contributed by atoms with Gasteiger partial charge in [-0.15, -0.1) is 22.6 Å². The molecule has 11 nitrogen and oxygen atoms in total. The number of aliphatic hydroxyl groups is 1. The lowest BCUT2D eigenvalue weighted by Gasteiger charge is -1.92. The van der Waals surface area contributed by atoms with E-state index in [2.05, 4.69) is 20.2 Å². The highest BCUT2D eigenvalue weighted by atomic mass is 35.5. The van der Waals surface area contributed by atoms with E-state index in [1.807, 2.05) is 0 Å². The normalized spacial score (nSPS) is 10.7. The Kier molecular flexibility index (Phi) is 6.23. The van der Waals surface area contributed by atoms with Gasteiger partial charge in [0.1, 0.15) is 5.69 Å². The van der Waals surface area contributed by atoms with E-state index in [-0.39, 0.29) is 54.6 Å². The van der Waals surface area contributed by atoms with E-state index in [4.69, 9.17) is 22.3 Å². The van der Waals surface area contributed by atoms with E-state index in [9.17, 15) is 10.1 Å². The number of nitrogens with two attached hydrogens (primary N) is 3. The highest BCUT2D eigenvalue weighted by Crippen LogP contribution is 2.15. The number of hydrogen-bond acceptors (Lipinski definition) is 6. The SMILES string of the molecule is Cl.NC(N)=NN=C(N)c1nc(CCO)c([N+](=O)[O-])[nH]1. The molecule has 0 saturated carbocycles. The molecule has 0 fully saturated rings. The van der Waals surface area contributed by atoms with Crippen LogP contribution in [0.4, 0.5) is 5.82 Å². The number of aromatic nitrogens is 2. The van der Waals surface area contributed by atoms with Gasteiger partial charge >= 0.3 is 5.82 Å².